The maximum absolute atomic E-state index is 5.91. The summed E-state index contributed by atoms with van der Waals surface area (Å²) in [6.07, 6.45) is 0. The van der Waals surface area contributed by atoms with E-state index in [1.54, 1.807) is 0 Å². The van der Waals surface area contributed by atoms with E-state index in [1.807, 2.05) is 36.4 Å². The predicted molar refractivity (Wildman–Crippen MR) is 92.4 cm³/mol. The van der Waals surface area contributed by atoms with Crippen LogP contribution in [0.2, 0.25) is 5.02 Å². The Hall–Kier alpha value is -2.19. The second-order valence-electron chi connectivity index (χ2n) is 5.50. The van der Waals surface area contributed by atoms with Gasteiger partial charge in [0, 0.05) is 16.3 Å². The van der Waals surface area contributed by atoms with Crippen LogP contribution in [0.5, 0.6) is 0 Å². The molecule has 0 aliphatic carbocycles. The van der Waals surface area contributed by atoms with Crippen LogP contribution in [0.3, 0.4) is 0 Å². The maximum Gasteiger partial charge on any atom is 0.134 e. The van der Waals surface area contributed by atoms with Crippen LogP contribution in [-0.4, -0.2) is 0 Å². The van der Waals surface area contributed by atoms with Crippen molar-refractivity contribution in [2.24, 2.45) is 0 Å². The molecule has 0 saturated carbocycles. The number of nitrogens with one attached hydrogen (secondary N) is 1. The summed E-state index contributed by atoms with van der Waals surface area (Å²) in [5, 5.41) is 4.13. The van der Waals surface area contributed by atoms with Gasteiger partial charge in [-0.25, -0.2) is 0 Å². The van der Waals surface area contributed by atoms with E-state index in [-0.39, 0.29) is 0 Å². The average Bonchev–Trinajstić information content (AvgIpc) is 2.94. The zero-order chi connectivity index (χ0) is 15.5. The Labute approximate surface area is 135 Å². The minimum absolute atomic E-state index is 0.663. The summed E-state index contributed by atoms with van der Waals surface area (Å²) in [5.74, 6) is 1.76. The number of aryl methyl sites for hydroxylation is 2. The predicted octanol–water partition coefficient (Wildman–Crippen LogP) is 5.83. The molecule has 1 aromatic heterocycles. The highest BCUT2D eigenvalue weighted by Crippen LogP contribution is 2.24. The van der Waals surface area contributed by atoms with Crippen LogP contribution in [0.4, 0.5) is 5.69 Å². The molecule has 1 heterocycles. The van der Waals surface area contributed by atoms with Crippen LogP contribution in [0, 0.1) is 13.8 Å². The summed E-state index contributed by atoms with van der Waals surface area (Å²) in [7, 11) is 0. The van der Waals surface area contributed by atoms with Crippen molar-refractivity contribution < 1.29 is 4.42 Å². The molecular formula is C19H18ClNO. The second-order valence-corrected chi connectivity index (χ2v) is 5.94. The van der Waals surface area contributed by atoms with Gasteiger partial charge in [0.25, 0.3) is 0 Å². The van der Waals surface area contributed by atoms with Gasteiger partial charge in [-0.15, -0.1) is 0 Å². The molecule has 3 aromatic rings. The Morgan fingerprint density at radius 1 is 0.909 bits per heavy atom. The quantitative estimate of drug-likeness (QED) is 0.656. The van der Waals surface area contributed by atoms with Crippen LogP contribution in [0.1, 0.15) is 16.9 Å². The summed E-state index contributed by atoms with van der Waals surface area (Å²) in [5.41, 5.74) is 4.65. The summed E-state index contributed by atoms with van der Waals surface area (Å²) >= 11 is 5.91. The van der Waals surface area contributed by atoms with Gasteiger partial charge in [0.1, 0.15) is 11.5 Å². The van der Waals surface area contributed by atoms with E-state index in [0.717, 1.165) is 27.8 Å². The topological polar surface area (TPSA) is 25.2 Å². The van der Waals surface area contributed by atoms with E-state index in [9.17, 15) is 0 Å². The van der Waals surface area contributed by atoms with Gasteiger partial charge in [-0.3, -0.25) is 0 Å². The number of rotatable bonds is 4. The third-order valence-electron chi connectivity index (χ3n) is 3.48. The molecule has 0 atom stereocenters. The van der Waals surface area contributed by atoms with Crippen molar-refractivity contribution in [3.63, 3.8) is 0 Å². The normalized spacial score (nSPS) is 10.7. The molecule has 112 valence electrons. The SMILES string of the molecule is Cc1cc(C)cc(NCc2ccc(-c3ccc(Cl)cc3)o2)c1. The lowest BCUT2D eigenvalue weighted by Gasteiger charge is -2.07. The number of benzene rings is 2. The highest BCUT2D eigenvalue weighted by atomic mass is 35.5. The smallest absolute Gasteiger partial charge is 0.134 e. The van der Waals surface area contributed by atoms with Crippen molar-refractivity contribution in [2.75, 3.05) is 5.32 Å². The van der Waals surface area contributed by atoms with Gasteiger partial charge in [-0.2, -0.15) is 0 Å². The summed E-state index contributed by atoms with van der Waals surface area (Å²) < 4.78 is 5.89. The maximum atomic E-state index is 5.91. The molecule has 2 nitrogen and oxygen atoms in total. The molecule has 0 radical (unpaired) electrons. The van der Waals surface area contributed by atoms with Crippen molar-refractivity contribution in [3.05, 3.63) is 76.5 Å². The zero-order valence-corrected chi connectivity index (χ0v) is 13.4. The number of hydrogen-bond acceptors (Lipinski definition) is 2. The zero-order valence-electron chi connectivity index (χ0n) is 12.7. The highest BCUT2D eigenvalue weighted by molar-refractivity contribution is 6.30. The Morgan fingerprint density at radius 3 is 2.27 bits per heavy atom. The molecule has 22 heavy (non-hydrogen) atoms. The van der Waals surface area contributed by atoms with Crippen molar-refractivity contribution in [1.82, 2.24) is 0 Å². The first-order valence-corrected chi connectivity index (χ1v) is 7.65. The van der Waals surface area contributed by atoms with Crippen LogP contribution in [-0.2, 0) is 6.54 Å². The first-order valence-electron chi connectivity index (χ1n) is 7.27. The molecule has 0 amide bonds. The Morgan fingerprint density at radius 2 is 1.59 bits per heavy atom. The summed E-state index contributed by atoms with van der Waals surface area (Å²) in [4.78, 5) is 0. The van der Waals surface area contributed by atoms with E-state index in [0.29, 0.717) is 6.54 Å². The summed E-state index contributed by atoms with van der Waals surface area (Å²) in [6.45, 7) is 4.86. The van der Waals surface area contributed by atoms with Gasteiger partial charge in [0.2, 0.25) is 0 Å². The van der Waals surface area contributed by atoms with Gasteiger partial charge in [-0.05, 0) is 73.5 Å². The Bertz CT molecular complexity index is 754. The van der Waals surface area contributed by atoms with Gasteiger partial charge < -0.3 is 9.73 Å². The Balaban J connectivity index is 1.70. The van der Waals surface area contributed by atoms with Crippen molar-refractivity contribution in [2.45, 2.75) is 20.4 Å². The lowest BCUT2D eigenvalue weighted by atomic mass is 10.1. The second kappa shape index (κ2) is 6.29. The molecule has 0 saturated heterocycles. The van der Waals surface area contributed by atoms with Crippen molar-refractivity contribution >= 4 is 17.3 Å². The van der Waals surface area contributed by atoms with Gasteiger partial charge in [0.15, 0.2) is 0 Å². The number of anilines is 1. The molecule has 3 rings (SSSR count). The molecule has 3 heteroatoms. The van der Waals surface area contributed by atoms with Crippen molar-refractivity contribution in [1.29, 1.82) is 0 Å². The fourth-order valence-electron chi connectivity index (χ4n) is 2.51. The van der Waals surface area contributed by atoms with Gasteiger partial charge in [0.05, 0.1) is 6.54 Å². The van der Waals surface area contributed by atoms with E-state index in [2.05, 4.69) is 37.4 Å². The van der Waals surface area contributed by atoms with E-state index >= 15 is 0 Å². The van der Waals surface area contributed by atoms with E-state index in [1.165, 1.54) is 11.1 Å². The fraction of sp³-hybridized carbons (Fsp3) is 0.158. The largest absolute Gasteiger partial charge is 0.459 e. The first kappa shape index (κ1) is 14.7. The molecule has 0 bridgehead atoms. The lowest BCUT2D eigenvalue weighted by Crippen LogP contribution is -1.98. The number of hydrogen-bond donors (Lipinski definition) is 1. The molecule has 2 aromatic carbocycles. The first-order chi connectivity index (χ1) is 10.6. The minimum Gasteiger partial charge on any atom is -0.459 e. The monoisotopic (exact) mass is 311 g/mol. The standard InChI is InChI=1S/C19H18ClNO/c1-13-9-14(2)11-17(10-13)21-12-18-7-8-19(22-18)15-3-5-16(20)6-4-15/h3-11,21H,12H2,1-2H3. The Kier molecular flexibility index (Phi) is 4.21. The van der Waals surface area contributed by atoms with Crippen LogP contribution in [0.15, 0.2) is 59.0 Å². The van der Waals surface area contributed by atoms with Crippen LogP contribution < -0.4 is 5.32 Å². The number of halogens is 1. The molecule has 0 spiro atoms. The van der Waals surface area contributed by atoms with Crippen molar-refractivity contribution in [3.8, 4) is 11.3 Å². The summed E-state index contributed by atoms with van der Waals surface area (Å²) in [6, 6.07) is 18.1. The average molecular weight is 312 g/mol. The van der Waals surface area contributed by atoms with Crippen LogP contribution in [0.25, 0.3) is 11.3 Å². The molecule has 0 unspecified atom stereocenters. The van der Waals surface area contributed by atoms with Gasteiger partial charge in [-0.1, -0.05) is 17.7 Å². The number of furan rings is 1. The van der Waals surface area contributed by atoms with E-state index < -0.39 is 0 Å². The molecule has 0 aliphatic heterocycles. The van der Waals surface area contributed by atoms with E-state index in [4.69, 9.17) is 16.0 Å². The molecule has 0 fully saturated rings. The van der Waals surface area contributed by atoms with Crippen LogP contribution >= 0.6 is 11.6 Å². The molecule has 0 aliphatic rings. The van der Waals surface area contributed by atoms with Gasteiger partial charge >= 0.3 is 0 Å². The highest BCUT2D eigenvalue weighted by Gasteiger charge is 2.05. The molecule has 1 N–H and O–H groups in total. The lowest BCUT2D eigenvalue weighted by molar-refractivity contribution is 0.531. The third-order valence-corrected chi connectivity index (χ3v) is 3.73. The molecular weight excluding hydrogens is 294 g/mol. The fourth-order valence-corrected chi connectivity index (χ4v) is 2.63. The minimum atomic E-state index is 0.663. The third kappa shape index (κ3) is 3.52.